The Bertz CT molecular complexity index is 1500. The quantitative estimate of drug-likeness (QED) is 0.237. The standard InChI is InChI=1S/C29H22S.C3H8/c1-3-22-18(2)8-13-24-23(22)14-11-19-9-10-20(16-26(19)24)21-12-15-29-27(17-21)25-6-4-5-7-28(25)30-29;1-3-2/h3-18,22H,1H2,2H3;3H2,1-2H3. The van der Waals surface area contributed by atoms with Crippen LogP contribution in [0, 0.1) is 5.92 Å². The first-order chi connectivity index (χ1) is 16.1. The van der Waals surface area contributed by atoms with E-state index in [0.717, 1.165) is 0 Å². The van der Waals surface area contributed by atoms with Crippen molar-refractivity contribution in [2.45, 2.75) is 33.1 Å². The van der Waals surface area contributed by atoms with E-state index in [-0.39, 0.29) is 0 Å². The van der Waals surface area contributed by atoms with Gasteiger partial charge in [-0.2, -0.15) is 0 Å². The first kappa shape index (κ1) is 21.7. The molecule has 4 aromatic carbocycles. The van der Waals surface area contributed by atoms with E-state index in [1.54, 1.807) is 0 Å². The summed E-state index contributed by atoms with van der Waals surface area (Å²) in [6, 6.07) is 27.0. The Morgan fingerprint density at radius 3 is 2.27 bits per heavy atom. The number of hydrogen-bond donors (Lipinski definition) is 0. The maximum atomic E-state index is 4.09. The second kappa shape index (κ2) is 9.00. The molecule has 0 N–H and O–H groups in total. The van der Waals surface area contributed by atoms with Crippen molar-refractivity contribution >= 4 is 48.4 Å². The fourth-order valence-electron chi connectivity index (χ4n) is 4.91. The smallest absolute Gasteiger partial charge is 0.0355 e. The van der Waals surface area contributed by atoms with E-state index in [1.807, 2.05) is 11.3 Å². The third-order valence-electron chi connectivity index (χ3n) is 6.55. The van der Waals surface area contributed by atoms with Gasteiger partial charge in [-0.15, -0.1) is 17.9 Å². The van der Waals surface area contributed by atoms with Crippen LogP contribution < -0.4 is 0 Å². The number of benzene rings is 4. The SMILES string of the molecule is C=CC1c2ccc3ccc(-c4ccc5sc6ccccc6c5c4)cc3c2C=CC1C.CCC. The zero-order valence-electron chi connectivity index (χ0n) is 19.6. The van der Waals surface area contributed by atoms with Gasteiger partial charge in [-0.3, -0.25) is 0 Å². The van der Waals surface area contributed by atoms with E-state index in [4.69, 9.17) is 0 Å². The Balaban J connectivity index is 0.000000724. The second-order valence-corrected chi connectivity index (χ2v) is 10.1. The summed E-state index contributed by atoms with van der Waals surface area (Å²) in [4.78, 5) is 0. The van der Waals surface area contributed by atoms with E-state index >= 15 is 0 Å². The van der Waals surface area contributed by atoms with Gasteiger partial charge in [-0.1, -0.05) is 94.0 Å². The van der Waals surface area contributed by atoms with Crippen LogP contribution >= 0.6 is 11.3 Å². The average Bonchev–Trinajstić information content (AvgIpc) is 3.22. The van der Waals surface area contributed by atoms with Gasteiger partial charge < -0.3 is 0 Å². The molecule has 164 valence electrons. The van der Waals surface area contributed by atoms with Crippen molar-refractivity contribution in [1.29, 1.82) is 0 Å². The number of allylic oxidation sites excluding steroid dienone is 2. The summed E-state index contributed by atoms with van der Waals surface area (Å²) >= 11 is 1.87. The molecule has 1 aliphatic carbocycles. The normalized spacial score (nSPS) is 17.1. The minimum absolute atomic E-state index is 0.381. The molecular formula is C32H30S. The molecule has 0 nitrogen and oxygen atoms in total. The predicted molar refractivity (Wildman–Crippen MR) is 149 cm³/mol. The minimum Gasteiger partial charge on any atom is -0.135 e. The molecule has 0 saturated carbocycles. The lowest BCUT2D eigenvalue weighted by Gasteiger charge is -2.26. The summed E-state index contributed by atoms with van der Waals surface area (Å²) in [5.41, 5.74) is 5.29. The van der Waals surface area contributed by atoms with E-state index < -0.39 is 0 Å². The van der Waals surface area contributed by atoms with Gasteiger partial charge in [0.15, 0.2) is 0 Å². The number of hydrogen-bond acceptors (Lipinski definition) is 1. The largest absolute Gasteiger partial charge is 0.135 e. The Labute approximate surface area is 200 Å². The highest BCUT2D eigenvalue weighted by Crippen LogP contribution is 2.40. The molecule has 0 fully saturated rings. The fraction of sp³-hybridized carbons (Fsp3) is 0.188. The van der Waals surface area contributed by atoms with Crippen LogP contribution in [0.15, 0.2) is 91.5 Å². The van der Waals surface area contributed by atoms with Crippen LogP contribution in [-0.2, 0) is 0 Å². The van der Waals surface area contributed by atoms with E-state index in [9.17, 15) is 0 Å². The molecule has 1 aromatic heterocycles. The van der Waals surface area contributed by atoms with Crippen molar-refractivity contribution in [2.75, 3.05) is 0 Å². The number of fused-ring (bicyclic) bond motifs is 6. The van der Waals surface area contributed by atoms with Crippen molar-refractivity contribution in [3.8, 4) is 11.1 Å². The zero-order valence-corrected chi connectivity index (χ0v) is 20.5. The van der Waals surface area contributed by atoms with Crippen LogP contribution in [0.25, 0.3) is 48.1 Å². The van der Waals surface area contributed by atoms with Gasteiger partial charge in [0.05, 0.1) is 0 Å². The maximum Gasteiger partial charge on any atom is 0.0355 e. The summed E-state index contributed by atoms with van der Waals surface area (Å²) in [7, 11) is 0. The molecular weight excluding hydrogens is 416 g/mol. The summed E-state index contributed by atoms with van der Waals surface area (Å²) in [5, 5.41) is 5.32. The van der Waals surface area contributed by atoms with E-state index in [0.29, 0.717) is 11.8 Å². The molecule has 1 heteroatoms. The molecule has 0 amide bonds. The highest BCUT2D eigenvalue weighted by molar-refractivity contribution is 7.25. The van der Waals surface area contributed by atoms with Crippen LogP contribution in [-0.4, -0.2) is 0 Å². The lowest BCUT2D eigenvalue weighted by atomic mass is 9.78. The monoisotopic (exact) mass is 446 g/mol. The van der Waals surface area contributed by atoms with Crippen molar-refractivity contribution in [3.63, 3.8) is 0 Å². The van der Waals surface area contributed by atoms with E-state index in [2.05, 4.69) is 118 Å². The van der Waals surface area contributed by atoms with Gasteiger partial charge >= 0.3 is 0 Å². The molecule has 0 radical (unpaired) electrons. The Kier molecular flexibility index (Phi) is 5.91. The van der Waals surface area contributed by atoms with Crippen molar-refractivity contribution in [1.82, 2.24) is 0 Å². The van der Waals surface area contributed by atoms with Crippen LogP contribution in [0.3, 0.4) is 0 Å². The Hall–Kier alpha value is -3.16. The summed E-state index contributed by atoms with van der Waals surface area (Å²) in [6.45, 7) is 10.6. The van der Waals surface area contributed by atoms with Crippen molar-refractivity contribution in [3.05, 3.63) is 103 Å². The van der Waals surface area contributed by atoms with Crippen molar-refractivity contribution in [2.24, 2.45) is 5.92 Å². The molecule has 0 spiro atoms. The fourth-order valence-corrected chi connectivity index (χ4v) is 6.00. The number of rotatable bonds is 2. The zero-order chi connectivity index (χ0) is 22.9. The molecule has 2 unspecified atom stereocenters. The summed E-state index contributed by atoms with van der Waals surface area (Å²) < 4.78 is 2.70. The molecule has 33 heavy (non-hydrogen) atoms. The average molecular weight is 447 g/mol. The maximum absolute atomic E-state index is 4.09. The van der Waals surface area contributed by atoms with Crippen LogP contribution in [0.2, 0.25) is 0 Å². The molecule has 6 rings (SSSR count). The lowest BCUT2D eigenvalue weighted by Crippen LogP contribution is -2.10. The Morgan fingerprint density at radius 1 is 0.818 bits per heavy atom. The predicted octanol–water partition coefficient (Wildman–Crippen LogP) is 10.2. The van der Waals surface area contributed by atoms with Gasteiger partial charge in [0.25, 0.3) is 0 Å². The van der Waals surface area contributed by atoms with Gasteiger partial charge in [0.1, 0.15) is 0 Å². The van der Waals surface area contributed by atoms with Crippen LogP contribution in [0.1, 0.15) is 44.2 Å². The third-order valence-corrected chi connectivity index (χ3v) is 7.70. The minimum atomic E-state index is 0.381. The molecule has 0 saturated heterocycles. The topological polar surface area (TPSA) is 0 Å². The summed E-state index contributed by atoms with van der Waals surface area (Å²) in [5.74, 6) is 0.872. The molecule has 1 aliphatic rings. The summed E-state index contributed by atoms with van der Waals surface area (Å²) in [6.07, 6.45) is 7.98. The lowest BCUT2D eigenvalue weighted by molar-refractivity contribution is 0.638. The first-order valence-electron chi connectivity index (χ1n) is 11.9. The van der Waals surface area contributed by atoms with E-state index in [1.165, 1.54) is 59.6 Å². The molecule has 5 aromatic rings. The van der Waals surface area contributed by atoms with Crippen LogP contribution in [0.5, 0.6) is 0 Å². The van der Waals surface area contributed by atoms with Crippen LogP contribution in [0.4, 0.5) is 0 Å². The van der Waals surface area contributed by atoms with Crippen molar-refractivity contribution < 1.29 is 0 Å². The molecule has 2 atom stereocenters. The Morgan fingerprint density at radius 2 is 1.48 bits per heavy atom. The third kappa shape index (κ3) is 3.81. The van der Waals surface area contributed by atoms with Gasteiger partial charge in [0, 0.05) is 26.1 Å². The molecule has 0 bridgehead atoms. The first-order valence-corrected chi connectivity index (χ1v) is 12.7. The van der Waals surface area contributed by atoms with Gasteiger partial charge in [-0.25, -0.2) is 0 Å². The second-order valence-electron chi connectivity index (χ2n) is 9.00. The molecule has 1 heterocycles. The molecule has 0 aliphatic heterocycles. The highest BCUT2D eigenvalue weighted by Gasteiger charge is 2.21. The van der Waals surface area contributed by atoms with Gasteiger partial charge in [-0.05, 0) is 63.2 Å². The number of thiophene rings is 1. The highest BCUT2D eigenvalue weighted by atomic mass is 32.1. The van der Waals surface area contributed by atoms with Gasteiger partial charge in [0.2, 0.25) is 0 Å².